The third-order valence-corrected chi connectivity index (χ3v) is 4.24. The summed E-state index contributed by atoms with van der Waals surface area (Å²) in [4.78, 5) is 14.4. The summed E-state index contributed by atoms with van der Waals surface area (Å²) in [5, 5.41) is 0. The largest absolute Gasteiger partial charge is 0.485 e. The first-order valence-corrected chi connectivity index (χ1v) is 8.27. The smallest absolute Gasteiger partial charge is 0.267 e. The minimum atomic E-state index is -0.556. The summed E-state index contributed by atoms with van der Waals surface area (Å²) >= 11 is 0. The van der Waals surface area contributed by atoms with Gasteiger partial charge in [-0.15, -0.1) is 12.4 Å². The van der Waals surface area contributed by atoms with E-state index in [-0.39, 0.29) is 31.0 Å². The average molecular weight is 357 g/mol. The highest BCUT2D eigenvalue weighted by Gasteiger charge is 2.33. The molecular weight excluding hydrogens is 332 g/mol. The Hall–Kier alpha value is -1.50. The highest BCUT2D eigenvalue weighted by Crippen LogP contribution is 2.31. The molecule has 134 valence electrons. The number of likely N-dealkylation sites (tertiary alicyclic amines) is 1. The Balaban J connectivity index is 0.00000208. The second-order valence-corrected chi connectivity index (χ2v) is 5.90. The molecule has 0 saturated carbocycles. The second kappa shape index (κ2) is 9.11. The molecule has 0 aromatic heterocycles. The summed E-state index contributed by atoms with van der Waals surface area (Å²) in [6.07, 6.45) is 2.28. The molecule has 7 heteroatoms. The number of hydrogen-bond acceptors (Lipinski definition) is 5. The third kappa shape index (κ3) is 4.53. The lowest BCUT2D eigenvalue weighted by molar-refractivity contribution is -0.143. The number of hydrogen-bond donors (Lipinski definition) is 1. The van der Waals surface area contributed by atoms with Crippen molar-refractivity contribution in [1.82, 2.24) is 4.90 Å². The maximum absolute atomic E-state index is 12.6. The number of halogens is 1. The number of carbonyl (C=O) groups is 1. The van der Waals surface area contributed by atoms with Crippen molar-refractivity contribution in [3.63, 3.8) is 0 Å². The van der Waals surface area contributed by atoms with Crippen molar-refractivity contribution in [2.45, 2.75) is 31.5 Å². The van der Waals surface area contributed by atoms with Crippen molar-refractivity contribution in [2.75, 3.05) is 32.8 Å². The zero-order valence-corrected chi connectivity index (χ0v) is 14.5. The van der Waals surface area contributed by atoms with Gasteiger partial charge in [0.15, 0.2) is 11.5 Å². The molecule has 1 atom stereocenters. The summed E-state index contributed by atoms with van der Waals surface area (Å²) < 4.78 is 17.2. The summed E-state index contributed by atoms with van der Waals surface area (Å²) in [6.45, 7) is 3.02. The maximum atomic E-state index is 12.6. The number of fused-ring (bicyclic) bond motifs is 1. The molecule has 1 aromatic carbocycles. The van der Waals surface area contributed by atoms with E-state index in [1.54, 1.807) is 0 Å². The van der Waals surface area contributed by atoms with Crippen LogP contribution in [0.5, 0.6) is 11.5 Å². The Morgan fingerprint density at radius 2 is 1.96 bits per heavy atom. The fourth-order valence-corrected chi connectivity index (χ4v) is 2.92. The topological polar surface area (TPSA) is 74.0 Å². The van der Waals surface area contributed by atoms with Crippen LogP contribution in [0.3, 0.4) is 0 Å². The molecule has 1 amide bonds. The molecule has 1 aromatic rings. The van der Waals surface area contributed by atoms with E-state index in [1.165, 1.54) is 0 Å². The van der Waals surface area contributed by atoms with Crippen LogP contribution in [0.4, 0.5) is 0 Å². The van der Waals surface area contributed by atoms with Crippen LogP contribution in [0.25, 0.3) is 0 Å². The van der Waals surface area contributed by atoms with Crippen LogP contribution < -0.4 is 15.2 Å². The van der Waals surface area contributed by atoms with Crippen molar-refractivity contribution in [1.29, 1.82) is 0 Å². The van der Waals surface area contributed by atoms with Crippen LogP contribution in [0.1, 0.15) is 19.3 Å². The van der Waals surface area contributed by atoms with Gasteiger partial charge in [-0.25, -0.2) is 0 Å². The molecule has 0 spiro atoms. The molecule has 2 heterocycles. The summed E-state index contributed by atoms with van der Waals surface area (Å²) in [5.41, 5.74) is 5.46. The van der Waals surface area contributed by atoms with Crippen LogP contribution in [0.2, 0.25) is 0 Å². The van der Waals surface area contributed by atoms with Gasteiger partial charge in [-0.3, -0.25) is 4.79 Å². The van der Waals surface area contributed by atoms with Gasteiger partial charge in [0.25, 0.3) is 5.91 Å². The predicted molar refractivity (Wildman–Crippen MR) is 92.8 cm³/mol. The number of amides is 1. The number of benzene rings is 1. The van der Waals surface area contributed by atoms with Gasteiger partial charge in [-0.1, -0.05) is 12.1 Å². The van der Waals surface area contributed by atoms with E-state index in [4.69, 9.17) is 19.9 Å². The van der Waals surface area contributed by atoms with Gasteiger partial charge in [-0.05, 0) is 37.9 Å². The molecule has 0 aliphatic carbocycles. The summed E-state index contributed by atoms with van der Waals surface area (Å²) in [5.74, 6) is 1.33. The Bertz CT molecular complexity index is 535. The van der Waals surface area contributed by atoms with Crippen LogP contribution in [-0.4, -0.2) is 55.9 Å². The fraction of sp³-hybridized carbons (Fsp3) is 0.588. The van der Waals surface area contributed by atoms with Gasteiger partial charge in [0.05, 0.1) is 6.10 Å². The average Bonchev–Trinajstić information content (AvgIpc) is 2.61. The van der Waals surface area contributed by atoms with Crippen molar-refractivity contribution in [3.8, 4) is 11.5 Å². The van der Waals surface area contributed by atoms with Crippen LogP contribution >= 0.6 is 12.4 Å². The Kier molecular flexibility index (Phi) is 7.15. The molecule has 1 unspecified atom stereocenters. The number of piperidine rings is 1. The number of carbonyl (C=O) groups excluding carboxylic acids is 1. The van der Waals surface area contributed by atoms with Crippen LogP contribution in [0.15, 0.2) is 24.3 Å². The minimum Gasteiger partial charge on any atom is -0.485 e. The number of rotatable bonds is 5. The van der Waals surface area contributed by atoms with Crippen LogP contribution in [0, 0.1) is 0 Å². The number of ether oxygens (including phenoxy) is 3. The molecule has 1 saturated heterocycles. The summed E-state index contributed by atoms with van der Waals surface area (Å²) in [6, 6.07) is 7.44. The van der Waals surface area contributed by atoms with Crippen molar-refractivity contribution < 1.29 is 19.0 Å². The molecule has 0 radical (unpaired) electrons. The zero-order valence-electron chi connectivity index (χ0n) is 13.7. The van der Waals surface area contributed by atoms with E-state index in [0.29, 0.717) is 37.7 Å². The molecule has 2 aliphatic rings. The zero-order chi connectivity index (χ0) is 16.1. The molecule has 0 bridgehead atoms. The van der Waals surface area contributed by atoms with Crippen molar-refractivity contribution >= 4 is 18.3 Å². The van der Waals surface area contributed by atoms with Crippen LogP contribution in [-0.2, 0) is 9.53 Å². The van der Waals surface area contributed by atoms with Gasteiger partial charge in [-0.2, -0.15) is 0 Å². The Morgan fingerprint density at radius 1 is 1.25 bits per heavy atom. The highest BCUT2D eigenvalue weighted by molar-refractivity contribution is 5.85. The van der Waals surface area contributed by atoms with E-state index in [0.717, 1.165) is 19.3 Å². The van der Waals surface area contributed by atoms with E-state index in [9.17, 15) is 4.79 Å². The highest BCUT2D eigenvalue weighted by atomic mass is 35.5. The first-order valence-electron chi connectivity index (χ1n) is 8.27. The van der Waals surface area contributed by atoms with Gasteiger partial charge < -0.3 is 24.8 Å². The third-order valence-electron chi connectivity index (χ3n) is 4.24. The molecular formula is C17H25ClN2O4. The fourth-order valence-electron chi connectivity index (χ4n) is 2.92. The van der Waals surface area contributed by atoms with Crippen molar-refractivity contribution in [3.05, 3.63) is 24.3 Å². The molecule has 3 rings (SSSR count). The maximum Gasteiger partial charge on any atom is 0.267 e. The standard InChI is InChI=1S/C17H24N2O4.ClH/c18-8-3-11-21-13-6-9-19(10-7-13)17(20)16-12-22-14-4-1-2-5-15(14)23-16;/h1-2,4-5,13,16H,3,6-12,18H2;1H. The molecule has 6 nitrogen and oxygen atoms in total. The van der Waals surface area contributed by atoms with Gasteiger partial charge in [0.1, 0.15) is 6.61 Å². The molecule has 1 fully saturated rings. The number of nitrogens with two attached hydrogens (primary N) is 1. The second-order valence-electron chi connectivity index (χ2n) is 5.90. The quantitative estimate of drug-likeness (QED) is 0.811. The SMILES string of the molecule is Cl.NCCCOC1CCN(C(=O)C2COc3ccccc3O2)CC1. The Morgan fingerprint density at radius 3 is 2.67 bits per heavy atom. The van der Waals surface area contributed by atoms with Gasteiger partial charge >= 0.3 is 0 Å². The van der Waals surface area contributed by atoms with Crippen molar-refractivity contribution in [2.24, 2.45) is 5.73 Å². The lowest BCUT2D eigenvalue weighted by atomic mass is 10.1. The first-order chi connectivity index (χ1) is 11.3. The van der Waals surface area contributed by atoms with E-state index >= 15 is 0 Å². The first kappa shape index (κ1) is 18.8. The van der Waals surface area contributed by atoms with Gasteiger partial charge in [0.2, 0.25) is 6.10 Å². The van der Waals surface area contributed by atoms with E-state index in [2.05, 4.69) is 0 Å². The monoisotopic (exact) mass is 356 g/mol. The molecule has 2 aliphatic heterocycles. The predicted octanol–water partition coefficient (Wildman–Crippen LogP) is 1.60. The number of nitrogens with zero attached hydrogens (tertiary/aromatic N) is 1. The number of para-hydroxylation sites is 2. The van der Waals surface area contributed by atoms with E-state index in [1.807, 2.05) is 29.2 Å². The lowest BCUT2D eigenvalue weighted by Crippen LogP contribution is -2.50. The normalized spacial score (nSPS) is 20.4. The minimum absolute atomic E-state index is 0. The lowest BCUT2D eigenvalue weighted by Gasteiger charge is -2.35. The van der Waals surface area contributed by atoms with E-state index < -0.39 is 6.10 Å². The molecule has 24 heavy (non-hydrogen) atoms. The Labute approximate surface area is 148 Å². The summed E-state index contributed by atoms with van der Waals surface area (Å²) in [7, 11) is 0. The van der Waals surface area contributed by atoms with Gasteiger partial charge in [0, 0.05) is 19.7 Å². The molecule has 2 N–H and O–H groups in total.